The predicted molar refractivity (Wildman–Crippen MR) is 95.4 cm³/mol. The first-order valence-electron chi connectivity index (χ1n) is 8.49. The third-order valence-corrected chi connectivity index (χ3v) is 4.89. The van der Waals surface area contributed by atoms with Gasteiger partial charge in [0.25, 0.3) is 0 Å². The molecule has 0 radical (unpaired) electrons. The van der Waals surface area contributed by atoms with Gasteiger partial charge in [-0.25, -0.2) is 0 Å². The molecule has 0 fully saturated rings. The second-order valence-electron chi connectivity index (χ2n) is 6.44. The summed E-state index contributed by atoms with van der Waals surface area (Å²) in [6, 6.07) is 8.98. The van der Waals surface area contributed by atoms with Crippen molar-refractivity contribution in [2.45, 2.75) is 60.8 Å². The Balaban J connectivity index is 2.85. The van der Waals surface area contributed by atoms with Crippen LogP contribution in [0.5, 0.6) is 0 Å². The summed E-state index contributed by atoms with van der Waals surface area (Å²) in [5.41, 5.74) is 4.51. The summed E-state index contributed by atoms with van der Waals surface area (Å²) >= 11 is 0. The molecular weight excluding hydrogens is 254 g/mol. The SMILES string of the molecule is CCc1ccc(/C(C)=C/N(CC)CC(C)(CC)CC)cc1. The molecule has 0 unspecified atom stereocenters. The Morgan fingerprint density at radius 3 is 2.05 bits per heavy atom. The highest BCUT2D eigenvalue weighted by atomic mass is 15.1. The lowest BCUT2D eigenvalue weighted by atomic mass is 9.84. The van der Waals surface area contributed by atoms with Crippen LogP contribution in [-0.4, -0.2) is 18.0 Å². The minimum Gasteiger partial charge on any atom is -0.377 e. The zero-order valence-electron chi connectivity index (χ0n) is 14.9. The first-order chi connectivity index (χ1) is 9.97. The maximum absolute atomic E-state index is 2.47. The van der Waals surface area contributed by atoms with Crippen LogP contribution >= 0.6 is 0 Å². The van der Waals surface area contributed by atoms with Crippen molar-refractivity contribution in [1.29, 1.82) is 0 Å². The van der Waals surface area contributed by atoms with Crippen molar-refractivity contribution >= 4 is 5.57 Å². The first-order valence-corrected chi connectivity index (χ1v) is 8.49. The van der Waals surface area contributed by atoms with Crippen molar-refractivity contribution in [3.05, 3.63) is 41.6 Å². The van der Waals surface area contributed by atoms with Gasteiger partial charge < -0.3 is 4.90 Å². The summed E-state index contributed by atoms with van der Waals surface area (Å²) in [4.78, 5) is 2.47. The van der Waals surface area contributed by atoms with E-state index in [1.54, 1.807) is 0 Å². The Kier molecular flexibility index (Phi) is 7.01. The second kappa shape index (κ2) is 8.26. The van der Waals surface area contributed by atoms with Gasteiger partial charge in [-0.15, -0.1) is 0 Å². The molecule has 0 amide bonds. The van der Waals surface area contributed by atoms with E-state index in [2.05, 4.69) is 76.9 Å². The van der Waals surface area contributed by atoms with E-state index in [0.29, 0.717) is 5.41 Å². The molecule has 21 heavy (non-hydrogen) atoms. The van der Waals surface area contributed by atoms with Crippen molar-refractivity contribution in [3.63, 3.8) is 0 Å². The van der Waals surface area contributed by atoms with Gasteiger partial charge in [0.2, 0.25) is 0 Å². The predicted octanol–water partition coefficient (Wildman–Crippen LogP) is 5.76. The summed E-state index contributed by atoms with van der Waals surface area (Å²) in [6.07, 6.45) is 5.91. The monoisotopic (exact) mass is 287 g/mol. The zero-order chi connectivity index (χ0) is 15.9. The molecule has 0 aliphatic carbocycles. The molecule has 1 aromatic carbocycles. The molecule has 0 aromatic heterocycles. The molecule has 0 aliphatic heterocycles. The molecule has 1 aromatic rings. The summed E-state index contributed by atoms with van der Waals surface area (Å²) in [5, 5.41) is 0. The first kappa shape index (κ1) is 17.8. The average Bonchev–Trinajstić information content (AvgIpc) is 2.53. The van der Waals surface area contributed by atoms with Crippen LogP contribution in [-0.2, 0) is 6.42 Å². The zero-order valence-corrected chi connectivity index (χ0v) is 14.9. The van der Waals surface area contributed by atoms with Crippen LogP contribution < -0.4 is 0 Å². The molecule has 0 heterocycles. The number of benzene rings is 1. The van der Waals surface area contributed by atoms with Crippen molar-refractivity contribution < 1.29 is 0 Å². The van der Waals surface area contributed by atoms with E-state index in [-0.39, 0.29) is 0 Å². The Hall–Kier alpha value is -1.24. The van der Waals surface area contributed by atoms with Crippen LogP contribution in [0.25, 0.3) is 5.57 Å². The van der Waals surface area contributed by atoms with Crippen LogP contribution in [0.15, 0.2) is 30.5 Å². The molecule has 0 saturated heterocycles. The molecule has 0 atom stereocenters. The van der Waals surface area contributed by atoms with Crippen LogP contribution in [0, 0.1) is 5.41 Å². The van der Waals surface area contributed by atoms with Crippen LogP contribution in [0.2, 0.25) is 0 Å². The summed E-state index contributed by atoms with van der Waals surface area (Å²) in [6.45, 7) is 15.9. The normalized spacial score (nSPS) is 12.6. The van der Waals surface area contributed by atoms with E-state index >= 15 is 0 Å². The topological polar surface area (TPSA) is 3.24 Å². The standard InChI is InChI=1S/C20H33N/c1-7-18-11-13-19(14-12-18)17(5)15-21(10-4)16-20(6,8-2)9-3/h11-15H,7-10,16H2,1-6H3/b17-15+. The van der Waals surface area contributed by atoms with Crippen LogP contribution in [0.3, 0.4) is 0 Å². The van der Waals surface area contributed by atoms with Crippen molar-refractivity contribution in [2.24, 2.45) is 5.41 Å². The van der Waals surface area contributed by atoms with Gasteiger partial charge in [0.15, 0.2) is 0 Å². The van der Waals surface area contributed by atoms with E-state index in [1.807, 2.05) is 0 Å². The minimum absolute atomic E-state index is 0.416. The molecule has 118 valence electrons. The largest absolute Gasteiger partial charge is 0.377 e. The van der Waals surface area contributed by atoms with E-state index in [1.165, 1.54) is 29.5 Å². The molecule has 0 spiro atoms. The van der Waals surface area contributed by atoms with Gasteiger partial charge in [-0.1, -0.05) is 52.0 Å². The lowest BCUT2D eigenvalue weighted by Crippen LogP contribution is -2.32. The fraction of sp³-hybridized carbons (Fsp3) is 0.600. The molecule has 1 heteroatoms. The van der Waals surface area contributed by atoms with Gasteiger partial charge in [-0.3, -0.25) is 0 Å². The van der Waals surface area contributed by atoms with E-state index < -0.39 is 0 Å². The number of nitrogens with zero attached hydrogens (tertiary/aromatic N) is 1. The minimum atomic E-state index is 0.416. The van der Waals surface area contributed by atoms with E-state index in [4.69, 9.17) is 0 Å². The van der Waals surface area contributed by atoms with Crippen molar-refractivity contribution in [3.8, 4) is 0 Å². The highest BCUT2D eigenvalue weighted by Gasteiger charge is 2.21. The van der Waals surface area contributed by atoms with Gasteiger partial charge in [0, 0.05) is 19.3 Å². The van der Waals surface area contributed by atoms with E-state index in [0.717, 1.165) is 19.5 Å². The summed E-state index contributed by atoms with van der Waals surface area (Å²) in [5.74, 6) is 0. The highest BCUT2D eigenvalue weighted by molar-refractivity contribution is 5.63. The van der Waals surface area contributed by atoms with Crippen LogP contribution in [0.1, 0.15) is 65.5 Å². The molecular formula is C20H33N. The fourth-order valence-corrected chi connectivity index (χ4v) is 2.56. The van der Waals surface area contributed by atoms with Crippen molar-refractivity contribution in [2.75, 3.05) is 13.1 Å². The maximum Gasteiger partial charge on any atom is 0.0226 e. The average molecular weight is 287 g/mol. The Labute approximate surface area is 132 Å². The smallest absolute Gasteiger partial charge is 0.0226 e. The maximum atomic E-state index is 2.47. The molecule has 0 N–H and O–H groups in total. The number of allylic oxidation sites excluding steroid dienone is 1. The number of hydrogen-bond donors (Lipinski definition) is 0. The van der Waals surface area contributed by atoms with Crippen LogP contribution in [0.4, 0.5) is 0 Å². The lowest BCUT2D eigenvalue weighted by Gasteiger charge is -2.33. The third kappa shape index (κ3) is 5.22. The van der Waals surface area contributed by atoms with E-state index in [9.17, 15) is 0 Å². The Morgan fingerprint density at radius 2 is 1.62 bits per heavy atom. The molecule has 1 nitrogen and oxygen atoms in total. The highest BCUT2D eigenvalue weighted by Crippen LogP contribution is 2.27. The number of hydrogen-bond acceptors (Lipinski definition) is 1. The fourth-order valence-electron chi connectivity index (χ4n) is 2.56. The lowest BCUT2D eigenvalue weighted by molar-refractivity contribution is 0.202. The third-order valence-electron chi connectivity index (χ3n) is 4.89. The van der Waals surface area contributed by atoms with Gasteiger partial charge in [-0.2, -0.15) is 0 Å². The second-order valence-corrected chi connectivity index (χ2v) is 6.44. The number of rotatable bonds is 8. The molecule has 0 aliphatic rings. The number of aryl methyl sites for hydroxylation is 1. The van der Waals surface area contributed by atoms with Gasteiger partial charge in [0.05, 0.1) is 0 Å². The molecule has 0 saturated carbocycles. The Bertz CT molecular complexity index is 437. The molecule has 0 bridgehead atoms. The molecule has 1 rings (SSSR count). The van der Waals surface area contributed by atoms with Gasteiger partial charge in [0.1, 0.15) is 0 Å². The van der Waals surface area contributed by atoms with Crippen molar-refractivity contribution in [1.82, 2.24) is 4.90 Å². The summed E-state index contributed by atoms with van der Waals surface area (Å²) < 4.78 is 0. The Morgan fingerprint density at radius 1 is 1.05 bits per heavy atom. The van der Waals surface area contributed by atoms with Gasteiger partial charge >= 0.3 is 0 Å². The van der Waals surface area contributed by atoms with Gasteiger partial charge in [-0.05, 0) is 55.2 Å². The quantitative estimate of drug-likeness (QED) is 0.587. The summed E-state index contributed by atoms with van der Waals surface area (Å²) in [7, 11) is 0.